The first kappa shape index (κ1) is 9.51. The Bertz CT molecular complexity index is 517. The van der Waals surface area contributed by atoms with E-state index in [4.69, 9.17) is 11.5 Å². The molecule has 1 heterocycles. The molecule has 5 heteroatoms. The van der Waals surface area contributed by atoms with Crippen molar-refractivity contribution in [2.75, 3.05) is 5.73 Å². The second kappa shape index (κ2) is 3.27. The van der Waals surface area contributed by atoms with Crippen LogP contribution in [0.5, 0.6) is 0 Å². The SMILES string of the molecule is CC(C(N)=O)n1cnc2cc(N)ccc21. The summed E-state index contributed by atoms with van der Waals surface area (Å²) in [5, 5.41) is 0. The molecular weight excluding hydrogens is 192 g/mol. The number of anilines is 1. The van der Waals surface area contributed by atoms with Crippen molar-refractivity contribution in [3.63, 3.8) is 0 Å². The third-order valence-corrected chi connectivity index (χ3v) is 2.43. The lowest BCUT2D eigenvalue weighted by Crippen LogP contribution is -2.23. The zero-order chi connectivity index (χ0) is 11.0. The van der Waals surface area contributed by atoms with Crippen molar-refractivity contribution in [1.29, 1.82) is 0 Å². The number of amides is 1. The van der Waals surface area contributed by atoms with E-state index in [1.54, 1.807) is 30.0 Å². The fourth-order valence-electron chi connectivity index (χ4n) is 1.49. The summed E-state index contributed by atoms with van der Waals surface area (Å²) < 4.78 is 1.73. The van der Waals surface area contributed by atoms with Crippen molar-refractivity contribution < 1.29 is 4.79 Å². The number of hydrogen-bond acceptors (Lipinski definition) is 3. The number of benzene rings is 1. The van der Waals surface area contributed by atoms with Crippen LogP contribution >= 0.6 is 0 Å². The second-order valence-corrected chi connectivity index (χ2v) is 3.48. The number of nitrogen functional groups attached to an aromatic ring is 1. The predicted octanol–water partition coefficient (Wildman–Crippen LogP) is 0.665. The summed E-state index contributed by atoms with van der Waals surface area (Å²) in [7, 11) is 0. The summed E-state index contributed by atoms with van der Waals surface area (Å²) in [6.45, 7) is 1.74. The minimum atomic E-state index is -0.404. The molecule has 0 radical (unpaired) electrons. The number of nitrogens with zero attached hydrogens (tertiary/aromatic N) is 2. The van der Waals surface area contributed by atoms with Gasteiger partial charge in [0.2, 0.25) is 5.91 Å². The first-order valence-electron chi connectivity index (χ1n) is 4.61. The first-order chi connectivity index (χ1) is 7.09. The van der Waals surface area contributed by atoms with Gasteiger partial charge < -0.3 is 16.0 Å². The molecule has 1 aromatic heterocycles. The minimum absolute atomic E-state index is 0.383. The highest BCUT2D eigenvalue weighted by Crippen LogP contribution is 2.19. The maximum atomic E-state index is 11.1. The summed E-state index contributed by atoms with van der Waals surface area (Å²) in [6, 6.07) is 4.96. The molecule has 2 aromatic rings. The molecule has 15 heavy (non-hydrogen) atoms. The summed E-state index contributed by atoms with van der Waals surface area (Å²) in [5.41, 5.74) is 13.1. The third kappa shape index (κ3) is 1.52. The van der Waals surface area contributed by atoms with Crippen LogP contribution in [0.1, 0.15) is 13.0 Å². The number of imidazole rings is 1. The van der Waals surface area contributed by atoms with Crippen molar-refractivity contribution in [3.05, 3.63) is 24.5 Å². The van der Waals surface area contributed by atoms with Gasteiger partial charge in [-0.05, 0) is 25.1 Å². The van der Waals surface area contributed by atoms with E-state index in [1.165, 1.54) is 0 Å². The molecule has 4 N–H and O–H groups in total. The molecule has 1 aromatic carbocycles. The highest BCUT2D eigenvalue weighted by atomic mass is 16.1. The monoisotopic (exact) mass is 204 g/mol. The highest BCUT2D eigenvalue weighted by Gasteiger charge is 2.13. The first-order valence-corrected chi connectivity index (χ1v) is 4.61. The molecule has 0 spiro atoms. The number of nitrogens with two attached hydrogens (primary N) is 2. The Morgan fingerprint density at radius 2 is 2.27 bits per heavy atom. The van der Waals surface area contributed by atoms with Gasteiger partial charge >= 0.3 is 0 Å². The van der Waals surface area contributed by atoms with Crippen molar-refractivity contribution in [2.24, 2.45) is 5.73 Å². The van der Waals surface area contributed by atoms with Gasteiger partial charge in [0.25, 0.3) is 0 Å². The Balaban J connectivity index is 2.59. The van der Waals surface area contributed by atoms with Crippen LogP contribution in [0.3, 0.4) is 0 Å². The van der Waals surface area contributed by atoms with Gasteiger partial charge in [0.1, 0.15) is 6.04 Å². The molecule has 0 saturated heterocycles. The fourth-order valence-corrected chi connectivity index (χ4v) is 1.49. The molecule has 0 saturated carbocycles. The summed E-state index contributed by atoms with van der Waals surface area (Å²) in [6.07, 6.45) is 1.60. The van der Waals surface area contributed by atoms with E-state index in [2.05, 4.69) is 4.98 Å². The number of fused-ring (bicyclic) bond motifs is 1. The molecule has 1 amide bonds. The Morgan fingerprint density at radius 1 is 1.53 bits per heavy atom. The van der Waals surface area contributed by atoms with Crippen molar-refractivity contribution in [3.8, 4) is 0 Å². The van der Waals surface area contributed by atoms with Gasteiger partial charge in [0.05, 0.1) is 17.4 Å². The Morgan fingerprint density at radius 3 is 2.93 bits per heavy atom. The average Bonchev–Trinajstić information content (AvgIpc) is 2.59. The largest absolute Gasteiger partial charge is 0.399 e. The van der Waals surface area contributed by atoms with E-state index in [0.717, 1.165) is 11.0 Å². The van der Waals surface area contributed by atoms with E-state index < -0.39 is 6.04 Å². The van der Waals surface area contributed by atoms with E-state index >= 15 is 0 Å². The second-order valence-electron chi connectivity index (χ2n) is 3.48. The Hall–Kier alpha value is -2.04. The summed E-state index contributed by atoms with van der Waals surface area (Å²) >= 11 is 0. The van der Waals surface area contributed by atoms with Crippen molar-refractivity contribution in [1.82, 2.24) is 9.55 Å². The molecule has 0 aliphatic heterocycles. The molecule has 0 bridgehead atoms. The van der Waals surface area contributed by atoms with Crippen molar-refractivity contribution >= 4 is 22.6 Å². The maximum absolute atomic E-state index is 11.1. The Kier molecular flexibility index (Phi) is 2.07. The van der Waals surface area contributed by atoms with Gasteiger partial charge in [0, 0.05) is 5.69 Å². The van der Waals surface area contributed by atoms with Gasteiger partial charge in [-0.25, -0.2) is 4.98 Å². The standard InChI is InChI=1S/C10H12N4O/c1-6(10(12)15)14-5-13-8-4-7(11)2-3-9(8)14/h2-6H,11H2,1H3,(H2,12,15). The predicted molar refractivity (Wildman–Crippen MR) is 58.1 cm³/mol. The zero-order valence-electron chi connectivity index (χ0n) is 8.34. The van der Waals surface area contributed by atoms with Gasteiger partial charge in [0.15, 0.2) is 0 Å². The minimum Gasteiger partial charge on any atom is -0.399 e. The van der Waals surface area contributed by atoms with Gasteiger partial charge in [-0.2, -0.15) is 0 Å². The molecule has 5 nitrogen and oxygen atoms in total. The van der Waals surface area contributed by atoms with Crippen LogP contribution in [0.15, 0.2) is 24.5 Å². The van der Waals surface area contributed by atoms with E-state index in [9.17, 15) is 4.79 Å². The summed E-state index contributed by atoms with van der Waals surface area (Å²) in [5.74, 6) is -0.383. The number of carbonyl (C=O) groups excluding carboxylic acids is 1. The van der Waals surface area contributed by atoms with Gasteiger partial charge in [-0.3, -0.25) is 4.79 Å². The van der Waals surface area contributed by atoms with E-state index in [-0.39, 0.29) is 5.91 Å². The van der Waals surface area contributed by atoms with Gasteiger partial charge in [-0.15, -0.1) is 0 Å². The molecule has 1 unspecified atom stereocenters. The van der Waals surface area contributed by atoms with Crippen LogP contribution in [0.25, 0.3) is 11.0 Å². The third-order valence-electron chi connectivity index (χ3n) is 2.43. The van der Waals surface area contributed by atoms with Crippen LogP contribution in [0, 0.1) is 0 Å². The smallest absolute Gasteiger partial charge is 0.240 e. The highest BCUT2D eigenvalue weighted by molar-refractivity contribution is 5.83. The lowest BCUT2D eigenvalue weighted by Gasteiger charge is -2.09. The lowest BCUT2D eigenvalue weighted by atomic mass is 10.2. The van der Waals surface area contributed by atoms with E-state index in [1.807, 2.05) is 6.07 Å². The molecule has 0 fully saturated rings. The molecular formula is C10H12N4O. The topological polar surface area (TPSA) is 86.9 Å². The van der Waals surface area contributed by atoms with Crippen LogP contribution in [-0.2, 0) is 4.79 Å². The molecule has 2 rings (SSSR count). The molecule has 78 valence electrons. The maximum Gasteiger partial charge on any atom is 0.240 e. The van der Waals surface area contributed by atoms with Crippen LogP contribution < -0.4 is 11.5 Å². The number of primary amides is 1. The quantitative estimate of drug-likeness (QED) is 0.704. The lowest BCUT2D eigenvalue weighted by molar-refractivity contribution is -0.120. The number of rotatable bonds is 2. The van der Waals surface area contributed by atoms with Crippen LogP contribution in [0.4, 0.5) is 5.69 Å². The molecule has 0 aliphatic rings. The molecule has 1 atom stereocenters. The number of hydrogen-bond donors (Lipinski definition) is 2. The normalized spacial score (nSPS) is 12.9. The van der Waals surface area contributed by atoms with E-state index in [0.29, 0.717) is 5.69 Å². The number of aromatic nitrogens is 2. The Labute approximate surface area is 86.7 Å². The van der Waals surface area contributed by atoms with Crippen molar-refractivity contribution in [2.45, 2.75) is 13.0 Å². The van der Waals surface area contributed by atoms with Crippen LogP contribution in [0.2, 0.25) is 0 Å². The average molecular weight is 204 g/mol. The fraction of sp³-hybridized carbons (Fsp3) is 0.200. The van der Waals surface area contributed by atoms with Gasteiger partial charge in [-0.1, -0.05) is 0 Å². The van der Waals surface area contributed by atoms with Crippen LogP contribution in [-0.4, -0.2) is 15.5 Å². The summed E-state index contributed by atoms with van der Waals surface area (Å²) in [4.78, 5) is 15.2. The number of carbonyl (C=O) groups is 1. The zero-order valence-corrected chi connectivity index (χ0v) is 8.34. The molecule has 0 aliphatic carbocycles.